The molecule has 1 aromatic rings. The van der Waals surface area contributed by atoms with Gasteiger partial charge in [0.15, 0.2) is 5.75 Å². The van der Waals surface area contributed by atoms with Gasteiger partial charge in [0.2, 0.25) is 0 Å². The summed E-state index contributed by atoms with van der Waals surface area (Å²) in [5.74, 6) is 0.882. The number of aromatic nitrogens is 1. The molecule has 0 aliphatic heterocycles. The van der Waals surface area contributed by atoms with Crippen molar-refractivity contribution in [3.05, 3.63) is 17.8 Å². The summed E-state index contributed by atoms with van der Waals surface area (Å²) in [6.45, 7) is 5.77. The summed E-state index contributed by atoms with van der Waals surface area (Å²) in [5.41, 5.74) is 0.113. The summed E-state index contributed by atoms with van der Waals surface area (Å²) in [7, 11) is 1.52. The van der Waals surface area contributed by atoms with Crippen LogP contribution in [0.15, 0.2) is 12.3 Å². The lowest BCUT2D eigenvalue weighted by atomic mass is 10.2. The van der Waals surface area contributed by atoms with E-state index in [-0.39, 0.29) is 5.60 Å². The molecule has 0 aliphatic carbocycles. The number of hydrogen-bond acceptors (Lipinski definition) is 4. The van der Waals surface area contributed by atoms with Crippen LogP contribution in [0.1, 0.15) is 26.3 Å². The van der Waals surface area contributed by atoms with Crippen LogP contribution in [-0.4, -0.2) is 17.7 Å². The van der Waals surface area contributed by atoms with Gasteiger partial charge in [-0.15, -0.1) is 0 Å². The van der Waals surface area contributed by atoms with Crippen molar-refractivity contribution < 1.29 is 9.47 Å². The largest absolute Gasteiger partial charge is 0.491 e. The van der Waals surface area contributed by atoms with Crippen LogP contribution >= 0.6 is 0 Å². The van der Waals surface area contributed by atoms with E-state index < -0.39 is 0 Å². The summed E-state index contributed by atoms with van der Waals surface area (Å²) in [6.07, 6.45) is 1.46. The number of methoxy groups -OCH3 is 1. The molecule has 15 heavy (non-hydrogen) atoms. The van der Waals surface area contributed by atoms with E-state index in [2.05, 4.69) is 4.98 Å². The molecule has 1 rings (SSSR count). The quantitative estimate of drug-likeness (QED) is 0.743. The minimum absolute atomic E-state index is 0.339. The minimum Gasteiger partial charge on any atom is -0.491 e. The molecule has 0 radical (unpaired) electrons. The zero-order valence-corrected chi connectivity index (χ0v) is 9.37. The van der Waals surface area contributed by atoms with Gasteiger partial charge in [0, 0.05) is 12.3 Å². The van der Waals surface area contributed by atoms with Crippen LogP contribution in [0, 0.1) is 11.3 Å². The van der Waals surface area contributed by atoms with Crippen molar-refractivity contribution in [3.63, 3.8) is 0 Å². The normalized spacial score (nSPS) is 10.6. The Bertz CT molecular complexity index is 389. The minimum atomic E-state index is -0.339. The van der Waals surface area contributed by atoms with E-state index in [0.717, 1.165) is 0 Å². The summed E-state index contributed by atoms with van der Waals surface area (Å²) in [5, 5.41) is 8.69. The van der Waals surface area contributed by atoms with E-state index in [1.54, 1.807) is 6.07 Å². The second-order valence-electron chi connectivity index (χ2n) is 4.06. The van der Waals surface area contributed by atoms with E-state index in [0.29, 0.717) is 17.2 Å². The lowest BCUT2D eigenvalue weighted by molar-refractivity contribution is 0.118. The molecule has 0 atom stereocenters. The first kappa shape index (κ1) is 11.3. The van der Waals surface area contributed by atoms with Crippen LogP contribution in [-0.2, 0) is 0 Å². The topological polar surface area (TPSA) is 55.1 Å². The summed E-state index contributed by atoms with van der Waals surface area (Å²) in [6, 6.07) is 3.60. The van der Waals surface area contributed by atoms with Crippen LogP contribution in [0.5, 0.6) is 11.6 Å². The van der Waals surface area contributed by atoms with Gasteiger partial charge in [-0.2, -0.15) is 5.26 Å². The Morgan fingerprint density at radius 2 is 2.07 bits per heavy atom. The molecule has 4 heteroatoms. The Morgan fingerprint density at radius 3 is 2.53 bits per heavy atom. The predicted molar refractivity (Wildman–Crippen MR) is 55.9 cm³/mol. The standard InChI is InChI=1S/C11H14N2O2/c1-11(2,3)15-10-9(14-4)5-8(6-12)7-13-10/h5,7H,1-4H3. The van der Waals surface area contributed by atoms with Gasteiger partial charge in [0.05, 0.1) is 12.7 Å². The number of nitrogens with zero attached hydrogens (tertiary/aromatic N) is 2. The van der Waals surface area contributed by atoms with Gasteiger partial charge in [-0.3, -0.25) is 0 Å². The van der Waals surface area contributed by atoms with Crippen LogP contribution in [0.25, 0.3) is 0 Å². The maximum Gasteiger partial charge on any atom is 0.257 e. The summed E-state index contributed by atoms with van der Waals surface area (Å²) in [4.78, 5) is 4.04. The smallest absolute Gasteiger partial charge is 0.257 e. The number of pyridine rings is 1. The lowest BCUT2D eigenvalue weighted by Gasteiger charge is -2.21. The number of rotatable bonds is 2. The average molecular weight is 206 g/mol. The second kappa shape index (κ2) is 4.18. The maximum atomic E-state index is 8.69. The Morgan fingerprint density at radius 1 is 1.40 bits per heavy atom. The van der Waals surface area contributed by atoms with Crippen molar-refractivity contribution in [2.24, 2.45) is 0 Å². The maximum absolute atomic E-state index is 8.69. The Labute approximate surface area is 89.5 Å². The fraction of sp³-hybridized carbons (Fsp3) is 0.455. The fourth-order valence-corrected chi connectivity index (χ4v) is 1.01. The molecule has 4 nitrogen and oxygen atoms in total. The molecule has 0 spiro atoms. The zero-order valence-electron chi connectivity index (χ0n) is 9.37. The van der Waals surface area contributed by atoms with E-state index in [9.17, 15) is 0 Å². The van der Waals surface area contributed by atoms with Crippen molar-refractivity contribution >= 4 is 0 Å². The molecule has 1 heterocycles. The highest BCUT2D eigenvalue weighted by molar-refractivity contribution is 5.41. The third-order valence-electron chi connectivity index (χ3n) is 1.57. The molecule has 0 bridgehead atoms. The van der Waals surface area contributed by atoms with Gasteiger partial charge >= 0.3 is 0 Å². The Kier molecular flexibility index (Phi) is 3.15. The highest BCUT2D eigenvalue weighted by atomic mass is 16.5. The lowest BCUT2D eigenvalue weighted by Crippen LogP contribution is -2.23. The van der Waals surface area contributed by atoms with Crippen LogP contribution in [0.3, 0.4) is 0 Å². The second-order valence-corrected chi connectivity index (χ2v) is 4.06. The fourth-order valence-electron chi connectivity index (χ4n) is 1.01. The zero-order chi connectivity index (χ0) is 11.5. The van der Waals surface area contributed by atoms with Crippen LogP contribution < -0.4 is 9.47 Å². The number of nitriles is 1. The van der Waals surface area contributed by atoms with Crippen molar-refractivity contribution in [3.8, 4) is 17.7 Å². The number of ether oxygens (including phenoxy) is 2. The van der Waals surface area contributed by atoms with Crippen molar-refractivity contribution in [1.82, 2.24) is 4.98 Å². The van der Waals surface area contributed by atoms with Gasteiger partial charge < -0.3 is 9.47 Å². The molecule has 0 unspecified atom stereocenters. The average Bonchev–Trinajstić information content (AvgIpc) is 2.16. The molecule has 0 aliphatic rings. The predicted octanol–water partition coefficient (Wildman–Crippen LogP) is 2.14. The van der Waals surface area contributed by atoms with Gasteiger partial charge in [-0.25, -0.2) is 4.98 Å². The van der Waals surface area contributed by atoms with Crippen LogP contribution in [0.4, 0.5) is 0 Å². The first-order valence-corrected chi connectivity index (χ1v) is 4.59. The monoisotopic (exact) mass is 206 g/mol. The molecule has 0 saturated heterocycles. The summed E-state index contributed by atoms with van der Waals surface area (Å²) < 4.78 is 10.7. The highest BCUT2D eigenvalue weighted by Gasteiger charge is 2.16. The molecule has 1 aromatic heterocycles. The third-order valence-corrected chi connectivity index (χ3v) is 1.57. The SMILES string of the molecule is COc1cc(C#N)cnc1OC(C)(C)C. The first-order chi connectivity index (χ1) is 6.96. The third kappa shape index (κ3) is 3.13. The number of hydrogen-bond donors (Lipinski definition) is 0. The molecular formula is C11H14N2O2. The van der Waals surface area contributed by atoms with Gasteiger partial charge in [-0.1, -0.05) is 0 Å². The molecular weight excluding hydrogens is 192 g/mol. The Balaban J connectivity index is 3.04. The molecule has 80 valence electrons. The van der Waals surface area contributed by atoms with E-state index in [1.165, 1.54) is 13.3 Å². The van der Waals surface area contributed by atoms with E-state index >= 15 is 0 Å². The highest BCUT2D eigenvalue weighted by Crippen LogP contribution is 2.27. The molecule has 0 fully saturated rings. The Hall–Kier alpha value is -1.76. The van der Waals surface area contributed by atoms with Gasteiger partial charge in [-0.05, 0) is 20.8 Å². The molecule has 0 saturated carbocycles. The first-order valence-electron chi connectivity index (χ1n) is 4.59. The van der Waals surface area contributed by atoms with Crippen molar-refractivity contribution in [2.45, 2.75) is 26.4 Å². The van der Waals surface area contributed by atoms with Gasteiger partial charge in [0.25, 0.3) is 5.88 Å². The molecule has 0 N–H and O–H groups in total. The molecule has 0 aromatic carbocycles. The van der Waals surface area contributed by atoms with Gasteiger partial charge in [0.1, 0.15) is 11.7 Å². The van der Waals surface area contributed by atoms with E-state index in [4.69, 9.17) is 14.7 Å². The van der Waals surface area contributed by atoms with Crippen molar-refractivity contribution in [1.29, 1.82) is 5.26 Å². The summed E-state index contributed by atoms with van der Waals surface area (Å²) >= 11 is 0. The van der Waals surface area contributed by atoms with Crippen LogP contribution in [0.2, 0.25) is 0 Å². The van der Waals surface area contributed by atoms with Crippen molar-refractivity contribution in [2.75, 3.05) is 7.11 Å². The molecule has 0 amide bonds. The van der Waals surface area contributed by atoms with E-state index in [1.807, 2.05) is 26.8 Å².